The fraction of sp³-hybridized carbons (Fsp3) is 0.0667. The lowest BCUT2D eigenvalue weighted by molar-refractivity contribution is 0.0952. The highest BCUT2D eigenvalue weighted by Crippen LogP contribution is 2.26. The van der Waals surface area contributed by atoms with Gasteiger partial charge < -0.3 is 9.47 Å². The Labute approximate surface area is 203 Å². The molecule has 5 aromatic rings. The minimum atomic E-state index is -0.349. The molecule has 0 saturated carbocycles. The van der Waals surface area contributed by atoms with Gasteiger partial charge in [0.25, 0.3) is 5.91 Å². The number of hydrazone groups is 1. The van der Waals surface area contributed by atoms with Crippen LogP contribution in [0.1, 0.15) is 21.5 Å². The highest BCUT2D eigenvalue weighted by Gasteiger charge is 2.13. The Kier molecular flexibility index (Phi) is 6.39. The van der Waals surface area contributed by atoms with Crippen molar-refractivity contribution in [2.75, 3.05) is 7.11 Å². The molecule has 35 heavy (non-hydrogen) atoms. The van der Waals surface area contributed by atoms with Gasteiger partial charge in [-0.05, 0) is 51.4 Å². The molecule has 1 amide bonds. The zero-order valence-corrected chi connectivity index (χ0v) is 19.3. The van der Waals surface area contributed by atoms with Crippen molar-refractivity contribution in [2.45, 2.75) is 6.61 Å². The number of carbonyl (C=O) groups excluding carboxylic acids is 1. The third kappa shape index (κ3) is 4.84. The normalized spacial score (nSPS) is 11.1. The van der Waals surface area contributed by atoms with Crippen molar-refractivity contribution < 1.29 is 14.3 Å². The molecular formula is C30H24N2O3. The Balaban J connectivity index is 1.31. The average Bonchev–Trinajstić information content (AvgIpc) is 2.91. The van der Waals surface area contributed by atoms with E-state index in [2.05, 4.69) is 34.8 Å². The highest BCUT2D eigenvalue weighted by atomic mass is 16.5. The van der Waals surface area contributed by atoms with E-state index in [-0.39, 0.29) is 5.91 Å². The van der Waals surface area contributed by atoms with Crippen molar-refractivity contribution in [2.24, 2.45) is 5.10 Å². The summed E-state index contributed by atoms with van der Waals surface area (Å²) >= 11 is 0. The molecule has 0 heterocycles. The molecule has 5 heteroatoms. The summed E-state index contributed by atoms with van der Waals surface area (Å²) in [5, 5.41) is 8.47. The Morgan fingerprint density at radius 1 is 0.800 bits per heavy atom. The van der Waals surface area contributed by atoms with E-state index in [1.54, 1.807) is 19.4 Å². The van der Waals surface area contributed by atoms with Crippen molar-refractivity contribution >= 4 is 33.7 Å². The number of carbonyl (C=O) groups is 1. The van der Waals surface area contributed by atoms with Gasteiger partial charge in [0.05, 0.1) is 18.9 Å². The standard InChI is InChI=1S/C30H24N2O3/c1-34-29-18-23-11-3-2-10-22(23)17-27(29)30(33)32-31-19-24-12-5-7-16-28(24)35-20-25-14-8-13-21-9-4-6-15-26(21)25/h2-19H,20H2,1H3,(H,32,33)/b31-19+. The summed E-state index contributed by atoms with van der Waals surface area (Å²) in [7, 11) is 1.55. The summed E-state index contributed by atoms with van der Waals surface area (Å²) in [5.74, 6) is 0.829. The van der Waals surface area contributed by atoms with E-state index >= 15 is 0 Å². The first kappa shape index (κ1) is 22.2. The van der Waals surface area contributed by atoms with Gasteiger partial charge in [0.1, 0.15) is 18.1 Å². The van der Waals surface area contributed by atoms with Crippen LogP contribution < -0.4 is 14.9 Å². The third-order valence-electron chi connectivity index (χ3n) is 5.86. The smallest absolute Gasteiger partial charge is 0.275 e. The quantitative estimate of drug-likeness (QED) is 0.228. The molecule has 1 N–H and O–H groups in total. The van der Waals surface area contributed by atoms with Crippen LogP contribution in [0.4, 0.5) is 0 Å². The summed E-state index contributed by atoms with van der Waals surface area (Å²) < 4.78 is 11.6. The van der Waals surface area contributed by atoms with Gasteiger partial charge in [0, 0.05) is 5.56 Å². The van der Waals surface area contributed by atoms with Gasteiger partial charge >= 0.3 is 0 Å². The van der Waals surface area contributed by atoms with Crippen LogP contribution in [0.2, 0.25) is 0 Å². The molecule has 0 atom stereocenters. The number of nitrogens with one attached hydrogen (secondary N) is 1. The van der Waals surface area contributed by atoms with E-state index in [0.717, 1.165) is 27.3 Å². The van der Waals surface area contributed by atoms with Gasteiger partial charge in [-0.15, -0.1) is 0 Å². The second-order valence-corrected chi connectivity index (χ2v) is 8.06. The van der Waals surface area contributed by atoms with Crippen LogP contribution in [0.5, 0.6) is 11.5 Å². The van der Waals surface area contributed by atoms with E-state index in [1.807, 2.05) is 72.8 Å². The number of ether oxygens (including phenoxy) is 2. The van der Waals surface area contributed by atoms with Crippen LogP contribution in [-0.2, 0) is 6.61 Å². The van der Waals surface area contributed by atoms with Crippen molar-refractivity contribution in [3.8, 4) is 11.5 Å². The number of methoxy groups -OCH3 is 1. The second kappa shape index (κ2) is 10.1. The number of amides is 1. The first-order valence-electron chi connectivity index (χ1n) is 11.3. The average molecular weight is 461 g/mol. The molecule has 0 fully saturated rings. The minimum Gasteiger partial charge on any atom is -0.496 e. The summed E-state index contributed by atoms with van der Waals surface area (Å²) in [4.78, 5) is 12.8. The lowest BCUT2D eigenvalue weighted by Crippen LogP contribution is -2.18. The maximum atomic E-state index is 12.8. The topological polar surface area (TPSA) is 59.9 Å². The molecule has 5 rings (SSSR count). The molecule has 0 unspecified atom stereocenters. The maximum absolute atomic E-state index is 12.8. The van der Waals surface area contributed by atoms with Crippen molar-refractivity contribution in [3.05, 3.63) is 120 Å². The lowest BCUT2D eigenvalue weighted by atomic mass is 10.1. The Morgan fingerprint density at radius 3 is 2.31 bits per heavy atom. The largest absolute Gasteiger partial charge is 0.496 e. The van der Waals surface area contributed by atoms with Gasteiger partial charge in [-0.1, -0.05) is 78.9 Å². The van der Waals surface area contributed by atoms with Gasteiger partial charge in [-0.3, -0.25) is 4.79 Å². The summed E-state index contributed by atoms with van der Waals surface area (Å²) in [6, 6.07) is 33.5. The molecule has 0 aromatic heterocycles. The van der Waals surface area contributed by atoms with Crippen LogP contribution in [-0.4, -0.2) is 19.2 Å². The fourth-order valence-electron chi connectivity index (χ4n) is 4.08. The Morgan fingerprint density at radius 2 is 1.49 bits per heavy atom. The van der Waals surface area contributed by atoms with E-state index in [1.165, 1.54) is 5.39 Å². The molecule has 0 aliphatic carbocycles. The zero-order chi connectivity index (χ0) is 24.0. The first-order chi connectivity index (χ1) is 17.2. The summed E-state index contributed by atoms with van der Waals surface area (Å²) in [5.41, 5.74) is 4.89. The van der Waals surface area contributed by atoms with Crippen molar-refractivity contribution in [1.82, 2.24) is 5.43 Å². The van der Waals surface area contributed by atoms with E-state index in [0.29, 0.717) is 23.7 Å². The summed E-state index contributed by atoms with van der Waals surface area (Å²) in [6.07, 6.45) is 1.59. The number of nitrogens with zero attached hydrogens (tertiary/aromatic N) is 1. The zero-order valence-electron chi connectivity index (χ0n) is 19.3. The number of hydrogen-bond donors (Lipinski definition) is 1. The number of benzene rings is 5. The number of hydrogen-bond acceptors (Lipinski definition) is 4. The molecule has 0 bridgehead atoms. The second-order valence-electron chi connectivity index (χ2n) is 8.06. The molecule has 5 aromatic carbocycles. The number of rotatable bonds is 7. The van der Waals surface area contributed by atoms with Crippen molar-refractivity contribution in [3.63, 3.8) is 0 Å². The van der Waals surface area contributed by atoms with Crippen LogP contribution >= 0.6 is 0 Å². The summed E-state index contributed by atoms with van der Waals surface area (Å²) in [6.45, 7) is 0.423. The predicted octanol–water partition coefficient (Wildman–Crippen LogP) is 6.34. The maximum Gasteiger partial charge on any atom is 0.275 e. The minimum absolute atomic E-state index is 0.349. The van der Waals surface area contributed by atoms with E-state index < -0.39 is 0 Å². The molecule has 0 aliphatic heterocycles. The molecule has 0 spiro atoms. The van der Waals surface area contributed by atoms with Crippen molar-refractivity contribution in [1.29, 1.82) is 0 Å². The van der Waals surface area contributed by atoms with Crippen LogP contribution in [0.25, 0.3) is 21.5 Å². The lowest BCUT2D eigenvalue weighted by Gasteiger charge is -2.11. The molecular weight excluding hydrogens is 436 g/mol. The van der Waals surface area contributed by atoms with Crippen LogP contribution in [0.15, 0.2) is 108 Å². The molecule has 0 saturated heterocycles. The van der Waals surface area contributed by atoms with Crippen LogP contribution in [0.3, 0.4) is 0 Å². The fourth-order valence-corrected chi connectivity index (χ4v) is 4.08. The van der Waals surface area contributed by atoms with Gasteiger partial charge in [-0.2, -0.15) is 5.10 Å². The first-order valence-corrected chi connectivity index (χ1v) is 11.3. The SMILES string of the molecule is COc1cc2ccccc2cc1C(=O)N/N=C/c1ccccc1OCc1cccc2ccccc12. The molecule has 0 aliphatic rings. The monoisotopic (exact) mass is 460 g/mol. The van der Waals surface area contributed by atoms with Gasteiger partial charge in [0.2, 0.25) is 0 Å². The molecule has 172 valence electrons. The molecule has 0 radical (unpaired) electrons. The van der Waals surface area contributed by atoms with Gasteiger partial charge in [-0.25, -0.2) is 5.43 Å². The van der Waals surface area contributed by atoms with E-state index in [9.17, 15) is 4.79 Å². The molecule has 5 nitrogen and oxygen atoms in total. The van der Waals surface area contributed by atoms with Gasteiger partial charge in [0.15, 0.2) is 0 Å². The number of para-hydroxylation sites is 1. The number of fused-ring (bicyclic) bond motifs is 2. The highest BCUT2D eigenvalue weighted by molar-refractivity contribution is 6.02. The van der Waals surface area contributed by atoms with Crippen LogP contribution in [0, 0.1) is 0 Å². The third-order valence-corrected chi connectivity index (χ3v) is 5.86. The Hall–Kier alpha value is -4.64. The predicted molar refractivity (Wildman–Crippen MR) is 140 cm³/mol. The van der Waals surface area contributed by atoms with E-state index in [4.69, 9.17) is 9.47 Å². The Bertz CT molecular complexity index is 1540.